The fourth-order valence-corrected chi connectivity index (χ4v) is 3.45. The second kappa shape index (κ2) is 8.86. The predicted octanol–water partition coefficient (Wildman–Crippen LogP) is 4.16. The molecule has 0 spiro atoms. The average Bonchev–Trinajstić information content (AvgIpc) is 3.29. The SMILES string of the molecule is C[C@H](Nc1cc(C(=O)N2CCCC2)cc(Nc2cnccn2)n1)c1ccc(F)cc1. The molecule has 1 atom stereocenters. The Hall–Kier alpha value is -3.55. The number of hydrogen-bond donors (Lipinski definition) is 2. The van der Waals surface area contributed by atoms with E-state index in [1.54, 1.807) is 42.9 Å². The number of nitrogens with zero attached hydrogens (tertiary/aromatic N) is 4. The van der Waals surface area contributed by atoms with E-state index in [-0.39, 0.29) is 17.8 Å². The molecule has 2 aromatic heterocycles. The normalized spacial score (nSPS) is 14.4. The first kappa shape index (κ1) is 19.8. The summed E-state index contributed by atoms with van der Waals surface area (Å²) < 4.78 is 13.2. The molecular formula is C22H23FN6O. The van der Waals surface area contributed by atoms with Crippen LogP contribution in [0.1, 0.15) is 41.7 Å². The maximum atomic E-state index is 13.2. The van der Waals surface area contributed by atoms with Crippen molar-refractivity contribution in [2.24, 2.45) is 0 Å². The maximum Gasteiger partial charge on any atom is 0.254 e. The highest BCUT2D eigenvalue weighted by Crippen LogP contribution is 2.24. The van der Waals surface area contributed by atoms with Crippen molar-refractivity contribution in [2.45, 2.75) is 25.8 Å². The van der Waals surface area contributed by atoms with Crippen LogP contribution in [0.25, 0.3) is 0 Å². The van der Waals surface area contributed by atoms with Gasteiger partial charge in [0.15, 0.2) is 0 Å². The summed E-state index contributed by atoms with van der Waals surface area (Å²) in [7, 11) is 0. The third kappa shape index (κ3) is 4.71. The molecule has 7 nitrogen and oxygen atoms in total. The number of amides is 1. The smallest absolute Gasteiger partial charge is 0.254 e. The number of carbonyl (C=O) groups excluding carboxylic acids is 1. The largest absolute Gasteiger partial charge is 0.363 e. The highest BCUT2D eigenvalue weighted by atomic mass is 19.1. The number of halogens is 1. The molecule has 0 unspecified atom stereocenters. The summed E-state index contributed by atoms with van der Waals surface area (Å²) in [4.78, 5) is 27.7. The van der Waals surface area contributed by atoms with Gasteiger partial charge in [-0.15, -0.1) is 0 Å². The van der Waals surface area contributed by atoms with Crippen LogP contribution in [0.3, 0.4) is 0 Å². The first-order chi connectivity index (χ1) is 14.6. The molecule has 3 heterocycles. The van der Waals surface area contributed by atoms with Gasteiger partial charge in [-0.2, -0.15) is 0 Å². The first-order valence-corrected chi connectivity index (χ1v) is 9.95. The van der Waals surface area contributed by atoms with Gasteiger partial charge in [0.2, 0.25) is 0 Å². The molecule has 4 rings (SSSR count). The van der Waals surface area contributed by atoms with Crippen LogP contribution >= 0.6 is 0 Å². The predicted molar refractivity (Wildman–Crippen MR) is 113 cm³/mol. The third-order valence-electron chi connectivity index (χ3n) is 5.02. The Kier molecular flexibility index (Phi) is 5.83. The van der Waals surface area contributed by atoms with Crippen molar-refractivity contribution >= 4 is 23.4 Å². The number of anilines is 3. The number of pyridine rings is 1. The zero-order valence-electron chi connectivity index (χ0n) is 16.7. The summed E-state index contributed by atoms with van der Waals surface area (Å²) in [5, 5.41) is 6.41. The standard InChI is InChI=1S/C22H23FN6O/c1-15(16-4-6-18(23)7-5-16)26-19-12-17(22(30)29-10-2-3-11-29)13-20(27-19)28-21-14-24-8-9-25-21/h4-9,12-15H,2-3,10-11H2,1H3,(H2,25,26,27,28)/t15-/m0/s1. The lowest BCUT2D eigenvalue weighted by atomic mass is 10.1. The van der Waals surface area contributed by atoms with E-state index >= 15 is 0 Å². The maximum absolute atomic E-state index is 13.2. The van der Waals surface area contributed by atoms with Gasteiger partial charge in [-0.25, -0.2) is 14.4 Å². The van der Waals surface area contributed by atoms with Crippen LogP contribution in [0.15, 0.2) is 55.0 Å². The molecule has 0 saturated carbocycles. The molecule has 1 fully saturated rings. The molecule has 154 valence electrons. The minimum absolute atomic E-state index is 0.0189. The lowest BCUT2D eigenvalue weighted by Crippen LogP contribution is -2.27. The highest BCUT2D eigenvalue weighted by Gasteiger charge is 2.21. The van der Waals surface area contributed by atoms with E-state index in [2.05, 4.69) is 25.6 Å². The van der Waals surface area contributed by atoms with Gasteiger partial charge in [0.25, 0.3) is 5.91 Å². The van der Waals surface area contributed by atoms with Gasteiger partial charge in [-0.3, -0.25) is 9.78 Å². The van der Waals surface area contributed by atoms with Crippen LogP contribution in [0, 0.1) is 5.82 Å². The molecule has 8 heteroatoms. The Morgan fingerprint density at radius 3 is 2.50 bits per heavy atom. The molecule has 0 aliphatic carbocycles. The van der Waals surface area contributed by atoms with E-state index < -0.39 is 0 Å². The van der Waals surface area contributed by atoms with Crippen LogP contribution in [-0.2, 0) is 0 Å². The number of likely N-dealkylation sites (tertiary alicyclic amines) is 1. The lowest BCUT2D eigenvalue weighted by Gasteiger charge is -2.19. The minimum atomic E-state index is -0.280. The monoisotopic (exact) mass is 406 g/mol. The van der Waals surface area contributed by atoms with Gasteiger partial charge in [0, 0.05) is 37.1 Å². The first-order valence-electron chi connectivity index (χ1n) is 9.95. The second-order valence-corrected chi connectivity index (χ2v) is 7.26. The Bertz CT molecular complexity index is 1010. The molecule has 3 aromatic rings. The molecular weight excluding hydrogens is 383 g/mol. The van der Waals surface area contributed by atoms with Gasteiger partial charge in [0.05, 0.1) is 6.20 Å². The molecule has 30 heavy (non-hydrogen) atoms. The van der Waals surface area contributed by atoms with Crippen molar-refractivity contribution in [1.82, 2.24) is 19.9 Å². The molecule has 1 aliphatic heterocycles. The van der Waals surface area contributed by atoms with Crippen LogP contribution in [0.4, 0.5) is 21.8 Å². The van der Waals surface area contributed by atoms with E-state index in [0.29, 0.717) is 23.0 Å². The van der Waals surface area contributed by atoms with Gasteiger partial charge >= 0.3 is 0 Å². The fourth-order valence-electron chi connectivity index (χ4n) is 3.45. The molecule has 0 bridgehead atoms. The van der Waals surface area contributed by atoms with Gasteiger partial charge in [-0.1, -0.05) is 12.1 Å². The van der Waals surface area contributed by atoms with Crippen LogP contribution < -0.4 is 10.6 Å². The Morgan fingerprint density at radius 2 is 1.80 bits per heavy atom. The number of rotatable bonds is 6. The second-order valence-electron chi connectivity index (χ2n) is 7.26. The Labute approximate surface area is 174 Å². The summed E-state index contributed by atoms with van der Waals surface area (Å²) in [6.45, 7) is 3.49. The molecule has 1 saturated heterocycles. The van der Waals surface area contributed by atoms with E-state index in [4.69, 9.17) is 0 Å². The summed E-state index contributed by atoms with van der Waals surface area (Å²) in [6.07, 6.45) is 6.80. The number of benzene rings is 1. The van der Waals surface area contributed by atoms with Crippen LogP contribution in [0.5, 0.6) is 0 Å². The Balaban J connectivity index is 1.62. The number of nitrogens with one attached hydrogen (secondary N) is 2. The molecule has 1 aromatic carbocycles. The molecule has 1 amide bonds. The van der Waals surface area contributed by atoms with Crippen molar-refractivity contribution in [3.63, 3.8) is 0 Å². The van der Waals surface area contributed by atoms with Crippen molar-refractivity contribution in [2.75, 3.05) is 23.7 Å². The van der Waals surface area contributed by atoms with Crippen molar-refractivity contribution in [3.8, 4) is 0 Å². The summed E-state index contributed by atoms with van der Waals surface area (Å²) in [6, 6.07) is 9.66. The lowest BCUT2D eigenvalue weighted by molar-refractivity contribution is 0.0793. The van der Waals surface area contributed by atoms with Crippen molar-refractivity contribution in [1.29, 1.82) is 0 Å². The van der Waals surface area contributed by atoms with E-state index in [1.165, 1.54) is 12.1 Å². The molecule has 1 aliphatic rings. The summed E-state index contributed by atoms with van der Waals surface area (Å²) in [5.74, 6) is 1.28. The van der Waals surface area contributed by atoms with Crippen molar-refractivity contribution in [3.05, 3.63) is 71.9 Å². The van der Waals surface area contributed by atoms with Gasteiger partial charge in [-0.05, 0) is 49.6 Å². The van der Waals surface area contributed by atoms with Crippen LogP contribution in [-0.4, -0.2) is 38.8 Å². The van der Waals surface area contributed by atoms with Gasteiger partial charge in [0.1, 0.15) is 23.3 Å². The minimum Gasteiger partial charge on any atom is -0.363 e. The summed E-state index contributed by atoms with van der Waals surface area (Å²) >= 11 is 0. The zero-order valence-corrected chi connectivity index (χ0v) is 16.7. The fraction of sp³-hybridized carbons (Fsp3) is 0.273. The Morgan fingerprint density at radius 1 is 1.07 bits per heavy atom. The summed E-state index contributed by atoms with van der Waals surface area (Å²) in [5.41, 5.74) is 1.46. The quantitative estimate of drug-likeness (QED) is 0.640. The molecule has 2 N–H and O–H groups in total. The van der Waals surface area contributed by atoms with E-state index in [1.807, 2.05) is 11.8 Å². The van der Waals surface area contributed by atoms with Crippen LogP contribution in [0.2, 0.25) is 0 Å². The van der Waals surface area contributed by atoms with E-state index in [9.17, 15) is 9.18 Å². The number of carbonyl (C=O) groups is 1. The topological polar surface area (TPSA) is 83.0 Å². The zero-order chi connectivity index (χ0) is 20.9. The van der Waals surface area contributed by atoms with E-state index in [0.717, 1.165) is 31.5 Å². The number of aromatic nitrogens is 3. The third-order valence-corrected chi connectivity index (χ3v) is 5.02. The molecule has 0 radical (unpaired) electrons. The van der Waals surface area contributed by atoms with Gasteiger partial charge < -0.3 is 15.5 Å². The average molecular weight is 406 g/mol. The number of hydrogen-bond acceptors (Lipinski definition) is 6. The highest BCUT2D eigenvalue weighted by molar-refractivity contribution is 5.96. The van der Waals surface area contributed by atoms with Crippen molar-refractivity contribution < 1.29 is 9.18 Å².